The molecule has 0 aromatic heterocycles. The minimum Gasteiger partial charge on any atom is -0.377 e. The van der Waals surface area contributed by atoms with Gasteiger partial charge in [-0.05, 0) is 29.5 Å². The Morgan fingerprint density at radius 3 is 2.62 bits per heavy atom. The number of allylic oxidation sites excluding steroid dienone is 2. The van der Waals surface area contributed by atoms with Crippen LogP contribution in [0, 0.1) is 16.0 Å². The lowest BCUT2D eigenvalue weighted by atomic mass is 9.76. The Labute approximate surface area is 174 Å². The summed E-state index contributed by atoms with van der Waals surface area (Å²) in [6.45, 7) is 0. The topological polar surface area (TPSA) is 55.2 Å². The van der Waals surface area contributed by atoms with E-state index in [9.17, 15) is 10.1 Å². The Bertz CT molecular complexity index is 1130. The van der Waals surface area contributed by atoms with Crippen molar-refractivity contribution in [3.63, 3.8) is 0 Å². The van der Waals surface area contributed by atoms with Gasteiger partial charge in [0.15, 0.2) is 0 Å². The van der Waals surface area contributed by atoms with E-state index in [0.29, 0.717) is 5.02 Å². The summed E-state index contributed by atoms with van der Waals surface area (Å²) in [6, 6.07) is 21.3. The molecule has 0 bridgehead atoms. The number of benzene rings is 3. The lowest BCUT2D eigenvalue weighted by Gasteiger charge is -2.38. The lowest BCUT2D eigenvalue weighted by Crippen LogP contribution is -2.29. The van der Waals surface area contributed by atoms with E-state index in [1.165, 1.54) is 11.6 Å². The van der Waals surface area contributed by atoms with Gasteiger partial charge >= 0.3 is 0 Å². The molecular weight excluding hydrogens is 384 g/mol. The molecule has 0 amide bonds. The van der Waals surface area contributed by atoms with Crippen LogP contribution in [0.1, 0.15) is 29.5 Å². The van der Waals surface area contributed by atoms with Crippen molar-refractivity contribution in [1.29, 1.82) is 0 Å². The summed E-state index contributed by atoms with van der Waals surface area (Å²) in [4.78, 5) is 11.0. The van der Waals surface area contributed by atoms with Crippen LogP contribution in [0.5, 0.6) is 0 Å². The second-order valence-electron chi connectivity index (χ2n) is 7.57. The average molecular weight is 403 g/mol. The fourth-order valence-electron chi connectivity index (χ4n) is 4.67. The van der Waals surface area contributed by atoms with Crippen LogP contribution in [-0.2, 0) is 0 Å². The smallest absolute Gasteiger partial charge is 0.269 e. The number of nitrogens with zero attached hydrogens (tertiary/aromatic N) is 1. The van der Waals surface area contributed by atoms with Gasteiger partial charge in [-0.1, -0.05) is 72.3 Å². The van der Waals surface area contributed by atoms with Crippen molar-refractivity contribution in [3.8, 4) is 11.1 Å². The van der Waals surface area contributed by atoms with Gasteiger partial charge < -0.3 is 5.32 Å². The largest absolute Gasteiger partial charge is 0.377 e. The highest BCUT2D eigenvalue weighted by Gasteiger charge is 2.39. The molecular formula is C24H19ClN2O2. The first-order valence-electron chi connectivity index (χ1n) is 9.69. The maximum Gasteiger partial charge on any atom is 0.269 e. The number of nitro groups is 1. The number of halogens is 1. The Hall–Kier alpha value is -3.11. The molecule has 0 saturated carbocycles. The molecule has 5 heteroatoms. The molecule has 3 aromatic rings. The third-order valence-corrected chi connectivity index (χ3v) is 6.35. The minimum atomic E-state index is -0.365. The molecule has 29 heavy (non-hydrogen) atoms. The Balaban J connectivity index is 1.66. The third-order valence-electron chi connectivity index (χ3n) is 6.01. The first-order valence-corrected chi connectivity index (χ1v) is 10.1. The summed E-state index contributed by atoms with van der Waals surface area (Å²) in [6.07, 6.45) is 5.38. The summed E-state index contributed by atoms with van der Waals surface area (Å²) >= 11 is 6.53. The van der Waals surface area contributed by atoms with Crippen LogP contribution in [0.3, 0.4) is 0 Å². The zero-order valence-corrected chi connectivity index (χ0v) is 16.3. The number of rotatable bonds is 3. The Kier molecular flexibility index (Phi) is 4.36. The Morgan fingerprint density at radius 1 is 1.00 bits per heavy atom. The van der Waals surface area contributed by atoms with Crippen molar-refractivity contribution < 1.29 is 4.92 Å². The van der Waals surface area contributed by atoms with Crippen molar-refractivity contribution in [2.75, 3.05) is 5.32 Å². The fraction of sp³-hybridized carbons (Fsp3) is 0.167. The van der Waals surface area contributed by atoms with Crippen LogP contribution >= 0.6 is 11.6 Å². The molecule has 0 radical (unpaired) electrons. The highest BCUT2D eigenvalue weighted by molar-refractivity contribution is 6.31. The molecule has 5 rings (SSSR count). The van der Waals surface area contributed by atoms with Gasteiger partial charge in [0.05, 0.1) is 11.0 Å². The maximum atomic E-state index is 11.3. The van der Waals surface area contributed by atoms with Crippen molar-refractivity contribution in [3.05, 3.63) is 105 Å². The minimum absolute atomic E-state index is 0.0656. The molecule has 2 aliphatic rings. The van der Waals surface area contributed by atoms with E-state index in [1.807, 2.05) is 18.2 Å². The quantitative estimate of drug-likeness (QED) is 0.300. The molecule has 1 N–H and O–H groups in total. The normalized spacial score (nSPS) is 21.9. The predicted molar refractivity (Wildman–Crippen MR) is 116 cm³/mol. The van der Waals surface area contributed by atoms with Gasteiger partial charge in [0.1, 0.15) is 0 Å². The van der Waals surface area contributed by atoms with E-state index < -0.39 is 0 Å². The lowest BCUT2D eigenvalue weighted by molar-refractivity contribution is -0.384. The number of hydrogen-bond acceptors (Lipinski definition) is 3. The first-order chi connectivity index (χ1) is 14.1. The van der Waals surface area contributed by atoms with Crippen molar-refractivity contribution in [2.24, 2.45) is 5.92 Å². The number of non-ortho nitro benzene ring substituents is 1. The van der Waals surface area contributed by atoms with Crippen molar-refractivity contribution >= 4 is 23.0 Å². The molecule has 1 aliphatic heterocycles. The SMILES string of the molecule is O=[N+]([O-])c1ccc(Cl)c([C@@H]2Nc3c(-c4ccccc4)cccc3[C@@H]3C=CC[C@H]32)c1. The Morgan fingerprint density at radius 2 is 1.83 bits per heavy atom. The molecule has 0 fully saturated rings. The number of hydrogen-bond donors (Lipinski definition) is 1. The van der Waals surface area contributed by atoms with Gasteiger partial charge in [-0.2, -0.15) is 0 Å². The van der Waals surface area contributed by atoms with Gasteiger partial charge in [0.25, 0.3) is 5.69 Å². The number of nitro benzene ring substituents is 1. The molecule has 144 valence electrons. The number of para-hydroxylation sites is 1. The monoisotopic (exact) mass is 402 g/mol. The van der Waals surface area contributed by atoms with Crippen LogP contribution in [0.4, 0.5) is 11.4 Å². The van der Waals surface area contributed by atoms with Crippen molar-refractivity contribution in [1.82, 2.24) is 0 Å². The second kappa shape index (κ2) is 7.05. The summed E-state index contributed by atoms with van der Waals surface area (Å²) in [5.41, 5.74) is 5.47. The molecule has 4 nitrogen and oxygen atoms in total. The van der Waals surface area contributed by atoms with Crippen LogP contribution < -0.4 is 5.32 Å². The first kappa shape index (κ1) is 18.0. The highest BCUT2D eigenvalue weighted by Crippen LogP contribution is 2.53. The molecule has 1 aliphatic carbocycles. The summed E-state index contributed by atoms with van der Waals surface area (Å²) in [7, 11) is 0. The zero-order chi connectivity index (χ0) is 20.0. The molecule has 0 saturated heterocycles. The van der Waals surface area contributed by atoms with Crippen LogP contribution in [0.25, 0.3) is 11.1 Å². The van der Waals surface area contributed by atoms with Crippen LogP contribution in [-0.4, -0.2) is 4.92 Å². The van der Waals surface area contributed by atoms with Gasteiger partial charge in [-0.25, -0.2) is 0 Å². The van der Waals surface area contributed by atoms with E-state index >= 15 is 0 Å². The van der Waals surface area contributed by atoms with E-state index in [4.69, 9.17) is 11.6 Å². The van der Waals surface area contributed by atoms with Gasteiger partial charge in [0, 0.05) is 39.9 Å². The molecule has 3 atom stereocenters. The van der Waals surface area contributed by atoms with E-state index in [0.717, 1.165) is 28.8 Å². The molecule has 3 aromatic carbocycles. The maximum absolute atomic E-state index is 11.3. The van der Waals surface area contributed by atoms with Crippen LogP contribution in [0.2, 0.25) is 5.02 Å². The number of anilines is 1. The second-order valence-corrected chi connectivity index (χ2v) is 7.98. The van der Waals surface area contributed by atoms with E-state index in [-0.39, 0.29) is 28.5 Å². The van der Waals surface area contributed by atoms with E-state index in [2.05, 4.69) is 47.8 Å². The molecule has 1 heterocycles. The zero-order valence-electron chi connectivity index (χ0n) is 15.6. The summed E-state index contributed by atoms with van der Waals surface area (Å²) in [5, 5.41) is 15.6. The molecule has 0 unspecified atom stereocenters. The predicted octanol–water partition coefficient (Wildman–Crippen LogP) is 6.74. The van der Waals surface area contributed by atoms with Gasteiger partial charge in [-0.15, -0.1) is 0 Å². The van der Waals surface area contributed by atoms with Gasteiger partial charge in [-0.3, -0.25) is 10.1 Å². The highest BCUT2D eigenvalue weighted by atomic mass is 35.5. The number of fused-ring (bicyclic) bond motifs is 3. The van der Waals surface area contributed by atoms with Gasteiger partial charge in [0.2, 0.25) is 0 Å². The third kappa shape index (κ3) is 3.00. The summed E-state index contributed by atoms with van der Waals surface area (Å²) in [5.74, 6) is 0.531. The van der Waals surface area contributed by atoms with E-state index in [1.54, 1.807) is 12.1 Å². The molecule has 0 spiro atoms. The average Bonchev–Trinajstić information content (AvgIpc) is 3.24. The number of nitrogens with one attached hydrogen (secondary N) is 1. The van der Waals surface area contributed by atoms with Crippen LogP contribution in [0.15, 0.2) is 78.9 Å². The van der Waals surface area contributed by atoms with Crippen molar-refractivity contribution in [2.45, 2.75) is 18.4 Å². The standard InChI is InChI=1S/C24H19ClN2O2/c25-22-13-12-16(27(28)29)14-21(22)24-20-11-5-9-18(20)19-10-4-8-17(23(19)26-24)15-6-2-1-3-7-15/h1-10,12-14,18,20,24,26H,11H2/t18-,20+,24+/m0/s1. The summed E-state index contributed by atoms with van der Waals surface area (Å²) < 4.78 is 0. The fourth-order valence-corrected chi connectivity index (χ4v) is 4.91.